The largest absolute Gasteiger partial charge is 0.326 e. The Hall–Kier alpha value is -3.29. The number of nitro groups is 1. The molecule has 0 atom stereocenters. The van der Waals surface area contributed by atoms with Crippen LogP contribution in [0.5, 0.6) is 0 Å². The summed E-state index contributed by atoms with van der Waals surface area (Å²) in [6, 6.07) is 5.93. The molecule has 0 fully saturated rings. The van der Waals surface area contributed by atoms with Crippen molar-refractivity contribution in [3.05, 3.63) is 67.0 Å². The molecule has 0 aliphatic rings. The first-order valence-corrected chi connectivity index (χ1v) is 6.33. The van der Waals surface area contributed by atoms with Gasteiger partial charge in [0.25, 0.3) is 11.2 Å². The van der Waals surface area contributed by atoms with E-state index in [0.29, 0.717) is 16.8 Å². The number of aromatic nitrogens is 3. The number of pyridine rings is 1. The summed E-state index contributed by atoms with van der Waals surface area (Å²) < 4.78 is 0. The van der Waals surface area contributed by atoms with E-state index in [1.165, 1.54) is 24.4 Å². The van der Waals surface area contributed by atoms with Crippen LogP contribution in [0, 0.1) is 17.0 Å². The highest BCUT2D eigenvalue weighted by Crippen LogP contribution is 2.27. The van der Waals surface area contributed by atoms with Crippen LogP contribution in [-0.4, -0.2) is 19.9 Å². The van der Waals surface area contributed by atoms with Gasteiger partial charge in [-0.25, -0.2) is 4.79 Å². The number of non-ortho nitro benzene ring substituents is 1. The summed E-state index contributed by atoms with van der Waals surface area (Å²) >= 11 is 0. The summed E-state index contributed by atoms with van der Waals surface area (Å²) in [7, 11) is 0. The monoisotopic (exact) mass is 298 g/mol. The van der Waals surface area contributed by atoms with Gasteiger partial charge in [-0.15, -0.1) is 0 Å². The fourth-order valence-electron chi connectivity index (χ4n) is 2.21. The average Bonchev–Trinajstić information content (AvgIpc) is 2.47. The summed E-state index contributed by atoms with van der Waals surface area (Å²) in [6.45, 7) is 1.79. The van der Waals surface area contributed by atoms with Crippen LogP contribution < -0.4 is 11.2 Å². The third kappa shape index (κ3) is 2.26. The number of nitrogens with one attached hydrogen (secondary N) is 2. The minimum absolute atomic E-state index is 0.0575. The van der Waals surface area contributed by atoms with Gasteiger partial charge in [-0.05, 0) is 18.6 Å². The van der Waals surface area contributed by atoms with Gasteiger partial charge in [0.05, 0.1) is 27.7 Å². The van der Waals surface area contributed by atoms with Gasteiger partial charge in [-0.3, -0.25) is 24.9 Å². The molecule has 0 saturated heterocycles. The van der Waals surface area contributed by atoms with Crippen LogP contribution in [0.1, 0.15) is 5.56 Å². The number of nitrogens with zero attached hydrogens (tertiary/aromatic N) is 2. The smallest absolute Gasteiger partial charge is 0.305 e. The zero-order chi connectivity index (χ0) is 15.9. The lowest BCUT2D eigenvalue weighted by molar-refractivity contribution is -0.384. The molecule has 2 N–H and O–H groups in total. The normalized spacial score (nSPS) is 10.8. The molecule has 2 heterocycles. The molecular formula is C14H10N4O4. The first-order valence-electron chi connectivity index (χ1n) is 6.33. The molecule has 3 aromatic rings. The summed E-state index contributed by atoms with van der Waals surface area (Å²) in [6.07, 6.45) is 1.36. The van der Waals surface area contributed by atoms with Crippen LogP contribution in [0.15, 0.2) is 40.1 Å². The molecular weight excluding hydrogens is 288 g/mol. The SMILES string of the molecule is Cc1ccc([N+](=O)[O-])cc1-c1cc2c(=O)[nH]c(=O)[nH]c2cn1. The first kappa shape index (κ1) is 13.7. The summed E-state index contributed by atoms with van der Waals surface area (Å²) in [4.78, 5) is 42.2. The molecule has 0 aliphatic carbocycles. The number of hydrogen-bond donors (Lipinski definition) is 2. The van der Waals surface area contributed by atoms with Gasteiger partial charge in [0, 0.05) is 17.7 Å². The number of rotatable bonds is 2. The number of aryl methyl sites for hydroxylation is 1. The van der Waals surface area contributed by atoms with E-state index in [1.807, 2.05) is 0 Å². The quantitative estimate of drug-likeness (QED) is 0.548. The molecule has 0 radical (unpaired) electrons. The molecule has 0 saturated carbocycles. The number of nitro benzene ring substituents is 1. The van der Waals surface area contributed by atoms with Crippen LogP contribution in [0.3, 0.4) is 0 Å². The van der Waals surface area contributed by atoms with E-state index in [2.05, 4.69) is 15.0 Å². The Bertz CT molecular complexity index is 1020. The predicted octanol–water partition coefficient (Wildman–Crippen LogP) is 1.50. The molecule has 3 rings (SSSR count). The molecule has 22 heavy (non-hydrogen) atoms. The molecule has 0 unspecified atom stereocenters. The van der Waals surface area contributed by atoms with E-state index < -0.39 is 16.2 Å². The minimum atomic E-state index is -0.612. The number of aromatic amines is 2. The highest BCUT2D eigenvalue weighted by Gasteiger charge is 2.12. The lowest BCUT2D eigenvalue weighted by atomic mass is 10.0. The number of benzene rings is 1. The van der Waals surface area contributed by atoms with Crippen LogP contribution in [0.25, 0.3) is 22.2 Å². The Labute approximate surface area is 122 Å². The van der Waals surface area contributed by atoms with Gasteiger partial charge < -0.3 is 4.98 Å². The number of hydrogen-bond acceptors (Lipinski definition) is 5. The van der Waals surface area contributed by atoms with E-state index in [0.717, 1.165) is 5.56 Å². The number of H-pyrrole nitrogens is 2. The van der Waals surface area contributed by atoms with Crippen LogP contribution in [0.2, 0.25) is 0 Å². The van der Waals surface area contributed by atoms with E-state index in [-0.39, 0.29) is 11.1 Å². The highest BCUT2D eigenvalue weighted by atomic mass is 16.6. The molecule has 110 valence electrons. The zero-order valence-corrected chi connectivity index (χ0v) is 11.4. The van der Waals surface area contributed by atoms with Crippen molar-refractivity contribution in [2.75, 3.05) is 0 Å². The molecule has 2 aromatic heterocycles. The van der Waals surface area contributed by atoms with Gasteiger partial charge in [0.1, 0.15) is 0 Å². The maximum atomic E-state index is 11.8. The average molecular weight is 298 g/mol. The van der Waals surface area contributed by atoms with E-state index in [4.69, 9.17) is 0 Å². The molecule has 8 nitrogen and oxygen atoms in total. The molecule has 0 bridgehead atoms. The lowest BCUT2D eigenvalue weighted by Gasteiger charge is -2.06. The van der Waals surface area contributed by atoms with E-state index in [9.17, 15) is 19.7 Å². The second-order valence-electron chi connectivity index (χ2n) is 4.78. The molecule has 0 amide bonds. The third-order valence-corrected chi connectivity index (χ3v) is 3.33. The Balaban J connectivity index is 2.27. The maximum Gasteiger partial charge on any atom is 0.326 e. The molecule has 0 spiro atoms. The van der Waals surface area contributed by atoms with Crippen molar-refractivity contribution in [2.24, 2.45) is 0 Å². The second kappa shape index (κ2) is 4.92. The van der Waals surface area contributed by atoms with Gasteiger partial charge in [0.15, 0.2) is 0 Å². The predicted molar refractivity (Wildman–Crippen MR) is 79.8 cm³/mol. The third-order valence-electron chi connectivity index (χ3n) is 3.33. The lowest BCUT2D eigenvalue weighted by Crippen LogP contribution is -2.21. The topological polar surface area (TPSA) is 122 Å². The molecule has 8 heteroatoms. The number of fused-ring (bicyclic) bond motifs is 1. The summed E-state index contributed by atoms with van der Waals surface area (Å²) in [5.41, 5.74) is 0.869. The second-order valence-corrected chi connectivity index (χ2v) is 4.78. The Kier molecular flexibility index (Phi) is 3.06. The molecule has 1 aromatic carbocycles. The van der Waals surface area contributed by atoms with Crippen LogP contribution in [0.4, 0.5) is 5.69 Å². The zero-order valence-electron chi connectivity index (χ0n) is 11.4. The fraction of sp³-hybridized carbons (Fsp3) is 0.0714. The Morgan fingerprint density at radius 1 is 1.18 bits per heavy atom. The van der Waals surface area contributed by atoms with Crippen molar-refractivity contribution >= 4 is 16.6 Å². The van der Waals surface area contributed by atoms with Gasteiger partial charge >= 0.3 is 5.69 Å². The summed E-state index contributed by atoms with van der Waals surface area (Å²) in [5.74, 6) is 0. The highest BCUT2D eigenvalue weighted by molar-refractivity contribution is 5.82. The first-order chi connectivity index (χ1) is 10.5. The van der Waals surface area contributed by atoms with Gasteiger partial charge in [-0.2, -0.15) is 0 Å². The van der Waals surface area contributed by atoms with Crippen molar-refractivity contribution in [2.45, 2.75) is 6.92 Å². The van der Waals surface area contributed by atoms with E-state index >= 15 is 0 Å². The van der Waals surface area contributed by atoms with E-state index in [1.54, 1.807) is 13.0 Å². The molecule has 0 aliphatic heterocycles. The summed E-state index contributed by atoms with van der Waals surface area (Å²) in [5, 5.41) is 11.1. The maximum absolute atomic E-state index is 11.8. The van der Waals surface area contributed by atoms with Crippen molar-refractivity contribution in [1.29, 1.82) is 0 Å². The van der Waals surface area contributed by atoms with Crippen molar-refractivity contribution in [3.8, 4) is 11.3 Å². The van der Waals surface area contributed by atoms with Crippen molar-refractivity contribution < 1.29 is 4.92 Å². The van der Waals surface area contributed by atoms with Crippen LogP contribution >= 0.6 is 0 Å². The van der Waals surface area contributed by atoms with Crippen molar-refractivity contribution in [3.63, 3.8) is 0 Å². The fourth-order valence-corrected chi connectivity index (χ4v) is 2.21. The van der Waals surface area contributed by atoms with Crippen molar-refractivity contribution in [1.82, 2.24) is 15.0 Å². The van der Waals surface area contributed by atoms with Gasteiger partial charge in [0.2, 0.25) is 0 Å². The minimum Gasteiger partial charge on any atom is -0.305 e. The standard InChI is InChI=1S/C14H10N4O4/c1-7-2-3-8(18(21)22)4-9(7)11-5-10-12(6-15-11)16-14(20)17-13(10)19/h2-6H,1H3,(H2,16,17,19,20). The Morgan fingerprint density at radius 3 is 2.68 bits per heavy atom. The Morgan fingerprint density at radius 2 is 1.95 bits per heavy atom. The van der Waals surface area contributed by atoms with Crippen LogP contribution in [-0.2, 0) is 0 Å². The van der Waals surface area contributed by atoms with Gasteiger partial charge in [-0.1, -0.05) is 6.07 Å².